The van der Waals surface area contributed by atoms with Crippen molar-refractivity contribution in [3.8, 4) is 5.75 Å². The first-order valence-electron chi connectivity index (χ1n) is 6.01. The van der Waals surface area contributed by atoms with Gasteiger partial charge >= 0.3 is 0 Å². The maximum atomic E-state index is 11.5. The van der Waals surface area contributed by atoms with Gasteiger partial charge in [0.05, 0.1) is 13.7 Å². The van der Waals surface area contributed by atoms with Crippen molar-refractivity contribution in [3.05, 3.63) is 28.2 Å². The zero-order valence-electron chi connectivity index (χ0n) is 10.3. The van der Waals surface area contributed by atoms with Gasteiger partial charge < -0.3 is 15.4 Å². The molecule has 0 saturated heterocycles. The minimum atomic E-state index is 0.0662. The maximum absolute atomic E-state index is 11.5. The molecule has 1 aliphatic carbocycles. The van der Waals surface area contributed by atoms with Gasteiger partial charge in [0, 0.05) is 17.1 Å². The Morgan fingerprint density at radius 2 is 2.28 bits per heavy atom. The molecular formula is C13H17BrN2O2. The Balaban J connectivity index is 1.79. The number of nitrogens with one attached hydrogen (secondary N) is 2. The van der Waals surface area contributed by atoms with Gasteiger partial charge in [-0.15, -0.1) is 0 Å². The van der Waals surface area contributed by atoms with E-state index in [2.05, 4.69) is 26.6 Å². The Morgan fingerprint density at radius 3 is 2.94 bits per heavy atom. The number of benzene rings is 1. The highest BCUT2D eigenvalue weighted by molar-refractivity contribution is 9.10. The van der Waals surface area contributed by atoms with E-state index in [1.807, 2.05) is 18.2 Å². The minimum absolute atomic E-state index is 0.0662. The average molecular weight is 313 g/mol. The Hall–Kier alpha value is -1.07. The lowest BCUT2D eigenvalue weighted by Crippen LogP contribution is -2.34. The van der Waals surface area contributed by atoms with E-state index in [1.165, 1.54) is 0 Å². The van der Waals surface area contributed by atoms with Gasteiger partial charge in [0.25, 0.3) is 0 Å². The zero-order valence-corrected chi connectivity index (χ0v) is 11.9. The predicted octanol–water partition coefficient (Wildman–Crippen LogP) is 1.83. The summed E-state index contributed by atoms with van der Waals surface area (Å²) in [5.74, 6) is 0.883. The fourth-order valence-electron chi connectivity index (χ4n) is 1.63. The van der Waals surface area contributed by atoms with Crippen LogP contribution in [0.25, 0.3) is 0 Å². The summed E-state index contributed by atoms with van der Waals surface area (Å²) >= 11 is 3.48. The molecule has 1 fully saturated rings. The Kier molecular flexibility index (Phi) is 4.60. The first kappa shape index (κ1) is 13.4. The van der Waals surface area contributed by atoms with Crippen LogP contribution in [0.3, 0.4) is 0 Å². The summed E-state index contributed by atoms with van der Waals surface area (Å²) in [5.41, 5.74) is 1.08. The van der Waals surface area contributed by atoms with Crippen molar-refractivity contribution < 1.29 is 9.53 Å². The Labute approximate surface area is 115 Å². The van der Waals surface area contributed by atoms with Crippen molar-refractivity contribution in [1.29, 1.82) is 0 Å². The fraction of sp³-hybridized carbons (Fsp3) is 0.462. The topological polar surface area (TPSA) is 50.4 Å². The molecule has 0 radical (unpaired) electrons. The number of carbonyl (C=O) groups is 1. The average Bonchev–Trinajstić information content (AvgIpc) is 3.15. The normalized spacial score (nSPS) is 14.3. The largest absolute Gasteiger partial charge is 0.497 e. The predicted molar refractivity (Wildman–Crippen MR) is 73.6 cm³/mol. The second kappa shape index (κ2) is 6.20. The van der Waals surface area contributed by atoms with Gasteiger partial charge in [-0.2, -0.15) is 0 Å². The second-order valence-electron chi connectivity index (χ2n) is 4.40. The number of amides is 1. The Bertz CT molecular complexity index is 433. The Morgan fingerprint density at radius 1 is 1.50 bits per heavy atom. The molecule has 0 aliphatic heterocycles. The van der Waals surface area contributed by atoms with Crippen molar-refractivity contribution in [1.82, 2.24) is 10.6 Å². The van der Waals surface area contributed by atoms with Crippen LogP contribution in [0.4, 0.5) is 0 Å². The molecule has 0 unspecified atom stereocenters. The standard InChI is InChI=1S/C13H17BrN2O2/c1-18-11-4-5-12(14)9(6-11)7-15-8-13(17)16-10-2-3-10/h4-6,10,15H,2-3,7-8H2,1H3,(H,16,17). The van der Waals surface area contributed by atoms with E-state index in [0.29, 0.717) is 19.1 Å². The van der Waals surface area contributed by atoms with Gasteiger partial charge in [-0.05, 0) is 36.6 Å². The van der Waals surface area contributed by atoms with Crippen LogP contribution in [-0.4, -0.2) is 25.6 Å². The van der Waals surface area contributed by atoms with Crippen molar-refractivity contribution in [2.24, 2.45) is 0 Å². The molecule has 1 amide bonds. The van der Waals surface area contributed by atoms with Crippen LogP contribution in [0, 0.1) is 0 Å². The lowest BCUT2D eigenvalue weighted by molar-refractivity contribution is -0.120. The summed E-state index contributed by atoms with van der Waals surface area (Å²) in [4.78, 5) is 11.5. The second-order valence-corrected chi connectivity index (χ2v) is 5.26. The van der Waals surface area contributed by atoms with Gasteiger partial charge in [-0.25, -0.2) is 0 Å². The lowest BCUT2D eigenvalue weighted by atomic mass is 10.2. The molecule has 0 atom stereocenters. The highest BCUT2D eigenvalue weighted by atomic mass is 79.9. The molecular weight excluding hydrogens is 296 g/mol. The summed E-state index contributed by atoms with van der Waals surface area (Å²) in [6.07, 6.45) is 2.24. The molecule has 0 heterocycles. The number of ether oxygens (including phenoxy) is 1. The van der Waals surface area contributed by atoms with E-state index in [-0.39, 0.29) is 5.91 Å². The maximum Gasteiger partial charge on any atom is 0.234 e. The summed E-state index contributed by atoms with van der Waals surface area (Å²) in [6.45, 7) is 0.982. The van der Waals surface area contributed by atoms with Gasteiger partial charge in [-0.1, -0.05) is 15.9 Å². The van der Waals surface area contributed by atoms with E-state index < -0.39 is 0 Å². The fourth-order valence-corrected chi connectivity index (χ4v) is 2.02. The molecule has 5 heteroatoms. The molecule has 2 N–H and O–H groups in total. The van der Waals surface area contributed by atoms with E-state index in [4.69, 9.17) is 4.74 Å². The SMILES string of the molecule is COc1ccc(Br)c(CNCC(=O)NC2CC2)c1. The van der Waals surface area contributed by atoms with Crippen LogP contribution in [0.1, 0.15) is 18.4 Å². The molecule has 2 rings (SSSR count). The number of hydrogen-bond donors (Lipinski definition) is 2. The third-order valence-corrected chi connectivity index (χ3v) is 3.57. The van der Waals surface area contributed by atoms with Crippen LogP contribution in [0.2, 0.25) is 0 Å². The summed E-state index contributed by atoms with van der Waals surface area (Å²) in [7, 11) is 1.64. The molecule has 4 nitrogen and oxygen atoms in total. The smallest absolute Gasteiger partial charge is 0.234 e. The molecule has 0 aromatic heterocycles. The number of rotatable bonds is 6. The molecule has 1 aliphatic rings. The molecule has 18 heavy (non-hydrogen) atoms. The van der Waals surface area contributed by atoms with Crippen molar-refractivity contribution in [2.75, 3.05) is 13.7 Å². The van der Waals surface area contributed by atoms with Crippen molar-refractivity contribution in [2.45, 2.75) is 25.4 Å². The number of methoxy groups -OCH3 is 1. The van der Waals surface area contributed by atoms with Crippen LogP contribution < -0.4 is 15.4 Å². The molecule has 1 saturated carbocycles. The van der Waals surface area contributed by atoms with E-state index in [9.17, 15) is 4.79 Å². The summed E-state index contributed by atoms with van der Waals surface area (Å²) < 4.78 is 6.18. The zero-order chi connectivity index (χ0) is 13.0. The van der Waals surface area contributed by atoms with Gasteiger partial charge in [0.15, 0.2) is 0 Å². The number of carbonyl (C=O) groups excluding carboxylic acids is 1. The van der Waals surface area contributed by atoms with E-state index in [0.717, 1.165) is 28.6 Å². The van der Waals surface area contributed by atoms with Crippen LogP contribution in [0.15, 0.2) is 22.7 Å². The van der Waals surface area contributed by atoms with Crippen LogP contribution >= 0.6 is 15.9 Å². The monoisotopic (exact) mass is 312 g/mol. The molecule has 1 aromatic rings. The number of halogens is 1. The molecule has 1 aromatic carbocycles. The first-order valence-corrected chi connectivity index (χ1v) is 6.81. The summed E-state index contributed by atoms with van der Waals surface area (Å²) in [5, 5.41) is 6.07. The van der Waals surface area contributed by atoms with E-state index >= 15 is 0 Å². The van der Waals surface area contributed by atoms with Crippen molar-refractivity contribution >= 4 is 21.8 Å². The van der Waals surface area contributed by atoms with Gasteiger partial charge in [0.1, 0.15) is 5.75 Å². The highest BCUT2D eigenvalue weighted by Crippen LogP contribution is 2.22. The van der Waals surface area contributed by atoms with Crippen LogP contribution in [-0.2, 0) is 11.3 Å². The molecule has 0 bridgehead atoms. The van der Waals surface area contributed by atoms with E-state index in [1.54, 1.807) is 7.11 Å². The van der Waals surface area contributed by atoms with Gasteiger partial charge in [0.2, 0.25) is 5.91 Å². The quantitative estimate of drug-likeness (QED) is 0.842. The first-order chi connectivity index (χ1) is 8.69. The third kappa shape index (κ3) is 3.99. The third-order valence-electron chi connectivity index (χ3n) is 2.80. The lowest BCUT2D eigenvalue weighted by Gasteiger charge is -2.09. The summed E-state index contributed by atoms with van der Waals surface area (Å²) in [6, 6.07) is 6.21. The molecule has 98 valence electrons. The molecule has 0 spiro atoms. The van der Waals surface area contributed by atoms with Crippen molar-refractivity contribution in [3.63, 3.8) is 0 Å². The van der Waals surface area contributed by atoms with Crippen LogP contribution in [0.5, 0.6) is 5.75 Å². The van der Waals surface area contributed by atoms with Gasteiger partial charge in [-0.3, -0.25) is 4.79 Å². The highest BCUT2D eigenvalue weighted by Gasteiger charge is 2.22. The minimum Gasteiger partial charge on any atom is -0.497 e. The number of hydrogen-bond acceptors (Lipinski definition) is 3.